The molecule has 188 valence electrons. The number of carbonyl (C=O) groups is 1. The molecule has 5 nitrogen and oxygen atoms in total. The van der Waals surface area contributed by atoms with Gasteiger partial charge in [0.15, 0.2) is 5.75 Å². The molecule has 0 radical (unpaired) electrons. The number of ether oxygens (including phenoxy) is 2. The molecule has 0 saturated carbocycles. The Morgan fingerprint density at radius 1 is 0.559 bits per heavy atom. The van der Waals surface area contributed by atoms with Crippen LogP contribution in [0.25, 0.3) is 0 Å². The van der Waals surface area contributed by atoms with Crippen molar-refractivity contribution in [3.8, 4) is 17.2 Å². The van der Waals surface area contributed by atoms with Crippen molar-refractivity contribution in [3.63, 3.8) is 0 Å². The summed E-state index contributed by atoms with van der Waals surface area (Å²) >= 11 is 0. The standard InChI is InChI=1S/C29H42O5/c1-3-5-7-9-11-13-23-31-26-17-15-25(16-18-26)29(30)34-33-28-21-19-27(20-22-28)32-24-14-12-10-8-6-4-2/h15-22H,3-14,23-24H2,1-2H3. The van der Waals surface area contributed by atoms with E-state index in [0.717, 1.165) is 24.3 Å². The molecule has 0 N–H and O–H groups in total. The summed E-state index contributed by atoms with van der Waals surface area (Å²) in [5.41, 5.74) is 0.408. The van der Waals surface area contributed by atoms with E-state index in [9.17, 15) is 4.79 Å². The van der Waals surface area contributed by atoms with Crippen LogP contribution in [-0.2, 0) is 4.89 Å². The van der Waals surface area contributed by atoms with Crippen LogP contribution in [0.15, 0.2) is 48.5 Å². The van der Waals surface area contributed by atoms with Gasteiger partial charge in [-0.1, -0.05) is 78.1 Å². The monoisotopic (exact) mass is 470 g/mol. The van der Waals surface area contributed by atoms with E-state index in [1.165, 1.54) is 64.2 Å². The van der Waals surface area contributed by atoms with Gasteiger partial charge < -0.3 is 9.47 Å². The van der Waals surface area contributed by atoms with Crippen molar-refractivity contribution in [1.29, 1.82) is 0 Å². The molecule has 2 aromatic carbocycles. The van der Waals surface area contributed by atoms with E-state index in [0.29, 0.717) is 24.5 Å². The van der Waals surface area contributed by atoms with E-state index in [4.69, 9.17) is 19.2 Å². The normalized spacial score (nSPS) is 10.6. The third-order valence-electron chi connectivity index (χ3n) is 5.66. The predicted molar refractivity (Wildman–Crippen MR) is 137 cm³/mol. The number of hydrogen-bond donors (Lipinski definition) is 0. The Morgan fingerprint density at radius 3 is 1.47 bits per heavy atom. The number of unbranched alkanes of at least 4 members (excludes halogenated alkanes) is 10. The SMILES string of the molecule is CCCCCCCCOc1ccc(OOC(=O)c2ccc(OCCCCCCCC)cc2)cc1. The molecule has 0 aromatic heterocycles. The van der Waals surface area contributed by atoms with Crippen LogP contribution >= 0.6 is 0 Å². The zero-order valence-corrected chi connectivity index (χ0v) is 21.1. The number of rotatable bonds is 19. The molecule has 0 heterocycles. The minimum absolute atomic E-state index is 0.408. The lowest BCUT2D eigenvalue weighted by Crippen LogP contribution is -2.08. The third-order valence-corrected chi connectivity index (χ3v) is 5.66. The molecule has 0 fully saturated rings. The Bertz CT molecular complexity index is 770. The Morgan fingerprint density at radius 2 is 0.971 bits per heavy atom. The van der Waals surface area contributed by atoms with Gasteiger partial charge in [-0.25, -0.2) is 9.68 Å². The third kappa shape index (κ3) is 12.0. The van der Waals surface area contributed by atoms with Crippen molar-refractivity contribution in [2.45, 2.75) is 90.9 Å². The van der Waals surface area contributed by atoms with E-state index < -0.39 is 5.97 Å². The maximum absolute atomic E-state index is 12.2. The van der Waals surface area contributed by atoms with Crippen LogP contribution in [0.5, 0.6) is 17.2 Å². The average molecular weight is 471 g/mol. The molecule has 0 atom stereocenters. The highest BCUT2D eigenvalue weighted by Gasteiger charge is 2.10. The lowest BCUT2D eigenvalue weighted by molar-refractivity contribution is -0.149. The van der Waals surface area contributed by atoms with Gasteiger partial charge in [-0.05, 0) is 61.4 Å². The predicted octanol–water partition coefficient (Wildman–Crippen LogP) is 8.32. The van der Waals surface area contributed by atoms with Crippen molar-refractivity contribution >= 4 is 5.97 Å². The van der Waals surface area contributed by atoms with Crippen LogP contribution in [0.4, 0.5) is 0 Å². The molecule has 0 aliphatic rings. The van der Waals surface area contributed by atoms with Gasteiger partial charge in [0.05, 0.1) is 18.8 Å². The van der Waals surface area contributed by atoms with E-state index in [1.54, 1.807) is 36.4 Å². The zero-order valence-electron chi connectivity index (χ0n) is 21.1. The highest BCUT2D eigenvalue weighted by atomic mass is 17.2. The van der Waals surface area contributed by atoms with Crippen molar-refractivity contribution in [2.75, 3.05) is 13.2 Å². The molecule has 2 aromatic rings. The summed E-state index contributed by atoms with van der Waals surface area (Å²) in [6.07, 6.45) is 14.8. The molecule has 5 heteroatoms. The van der Waals surface area contributed by atoms with Crippen molar-refractivity contribution in [2.24, 2.45) is 0 Å². The van der Waals surface area contributed by atoms with Crippen LogP contribution in [-0.4, -0.2) is 19.2 Å². The van der Waals surface area contributed by atoms with Gasteiger partial charge in [-0.15, -0.1) is 0 Å². The fourth-order valence-electron chi connectivity index (χ4n) is 3.56. The lowest BCUT2D eigenvalue weighted by atomic mass is 10.1. The second-order valence-corrected chi connectivity index (χ2v) is 8.68. The maximum Gasteiger partial charge on any atom is 0.386 e. The summed E-state index contributed by atoms with van der Waals surface area (Å²) in [7, 11) is 0. The molecular weight excluding hydrogens is 428 g/mol. The van der Waals surface area contributed by atoms with Crippen molar-refractivity contribution in [1.82, 2.24) is 0 Å². The zero-order chi connectivity index (χ0) is 24.3. The molecule has 0 aliphatic heterocycles. The first-order valence-electron chi connectivity index (χ1n) is 13.1. The van der Waals surface area contributed by atoms with Crippen molar-refractivity contribution in [3.05, 3.63) is 54.1 Å². The van der Waals surface area contributed by atoms with E-state index >= 15 is 0 Å². The van der Waals surface area contributed by atoms with E-state index in [1.807, 2.05) is 12.1 Å². The highest BCUT2D eigenvalue weighted by molar-refractivity contribution is 5.89. The van der Waals surface area contributed by atoms with Gasteiger partial charge in [0.2, 0.25) is 0 Å². The quantitative estimate of drug-likeness (QED) is 0.117. The van der Waals surface area contributed by atoms with Gasteiger partial charge in [-0.3, -0.25) is 4.89 Å². The first-order valence-corrected chi connectivity index (χ1v) is 13.1. The Balaban J connectivity index is 1.61. The smallest absolute Gasteiger partial charge is 0.386 e. The molecular formula is C29H42O5. The van der Waals surface area contributed by atoms with Gasteiger partial charge in [0, 0.05) is 0 Å². The van der Waals surface area contributed by atoms with Crippen LogP contribution in [0.1, 0.15) is 101 Å². The molecule has 0 aliphatic carbocycles. The molecule has 34 heavy (non-hydrogen) atoms. The van der Waals surface area contributed by atoms with Crippen LogP contribution < -0.4 is 14.4 Å². The second kappa shape index (κ2) is 17.7. The van der Waals surface area contributed by atoms with E-state index in [2.05, 4.69) is 13.8 Å². The molecule has 0 bridgehead atoms. The Kier molecular flexibility index (Phi) is 14.4. The van der Waals surface area contributed by atoms with Crippen LogP contribution in [0, 0.1) is 0 Å². The first kappa shape index (κ1) is 27.6. The summed E-state index contributed by atoms with van der Waals surface area (Å²) in [5, 5.41) is 0. The van der Waals surface area contributed by atoms with Gasteiger partial charge >= 0.3 is 5.97 Å². The fourth-order valence-corrected chi connectivity index (χ4v) is 3.56. The number of hydrogen-bond acceptors (Lipinski definition) is 5. The Hall–Kier alpha value is -2.69. The maximum atomic E-state index is 12.2. The average Bonchev–Trinajstić information content (AvgIpc) is 2.87. The van der Waals surface area contributed by atoms with Gasteiger partial charge in [-0.2, -0.15) is 0 Å². The van der Waals surface area contributed by atoms with Gasteiger partial charge in [0.1, 0.15) is 11.5 Å². The summed E-state index contributed by atoms with van der Waals surface area (Å²) in [6, 6.07) is 14.0. The Labute approximate surface area is 205 Å². The largest absolute Gasteiger partial charge is 0.494 e. The summed E-state index contributed by atoms with van der Waals surface area (Å²) in [5.74, 6) is 1.43. The molecule has 0 unspecified atom stereocenters. The van der Waals surface area contributed by atoms with Crippen LogP contribution in [0.2, 0.25) is 0 Å². The lowest BCUT2D eigenvalue weighted by Gasteiger charge is -2.08. The molecule has 0 amide bonds. The molecule has 0 spiro atoms. The molecule has 2 rings (SSSR count). The topological polar surface area (TPSA) is 54.0 Å². The molecule has 0 saturated heterocycles. The fraction of sp³-hybridized carbons (Fsp3) is 0.552. The first-order chi connectivity index (χ1) is 16.7. The minimum atomic E-state index is -0.550. The van der Waals surface area contributed by atoms with Crippen LogP contribution in [0.3, 0.4) is 0 Å². The van der Waals surface area contributed by atoms with E-state index in [-0.39, 0.29) is 0 Å². The number of benzene rings is 2. The summed E-state index contributed by atoms with van der Waals surface area (Å²) < 4.78 is 11.5. The minimum Gasteiger partial charge on any atom is -0.494 e. The summed E-state index contributed by atoms with van der Waals surface area (Å²) in [6.45, 7) is 5.85. The summed E-state index contributed by atoms with van der Waals surface area (Å²) in [4.78, 5) is 22.4. The second-order valence-electron chi connectivity index (χ2n) is 8.68. The van der Waals surface area contributed by atoms with Crippen molar-refractivity contribution < 1.29 is 24.0 Å². The van der Waals surface area contributed by atoms with Gasteiger partial charge in [0.25, 0.3) is 0 Å². The number of carbonyl (C=O) groups excluding carboxylic acids is 1. The highest BCUT2D eigenvalue weighted by Crippen LogP contribution is 2.19.